The lowest BCUT2D eigenvalue weighted by Gasteiger charge is -2.61. The highest BCUT2D eigenvalue weighted by Crippen LogP contribution is 2.64. The van der Waals surface area contributed by atoms with Gasteiger partial charge in [-0.05, 0) is 88.9 Å². The molecule has 0 aromatic heterocycles. The lowest BCUT2D eigenvalue weighted by molar-refractivity contribution is -0.100. The molecule has 3 atom stereocenters. The van der Waals surface area contributed by atoms with Crippen LogP contribution < -0.4 is 10.6 Å². The topological polar surface area (TPSA) is 24.1 Å². The second-order valence-electron chi connectivity index (χ2n) is 10.2. The van der Waals surface area contributed by atoms with Gasteiger partial charge in [0.15, 0.2) is 0 Å². The third kappa shape index (κ3) is 3.64. The van der Waals surface area contributed by atoms with Crippen LogP contribution in [0.15, 0.2) is 0 Å². The largest absolute Gasteiger partial charge is 0.312 e. The van der Waals surface area contributed by atoms with E-state index >= 15 is 0 Å². The molecule has 4 saturated carbocycles. The molecule has 0 spiro atoms. The summed E-state index contributed by atoms with van der Waals surface area (Å²) in [6, 6.07) is 0.574. The molecule has 4 fully saturated rings. The molecule has 21 heavy (non-hydrogen) atoms. The van der Waals surface area contributed by atoms with Crippen LogP contribution in [0.25, 0.3) is 0 Å². The summed E-state index contributed by atoms with van der Waals surface area (Å²) in [5, 5.41) is 7.49. The molecule has 0 aromatic carbocycles. The molecule has 4 bridgehead atoms. The molecule has 0 saturated heterocycles. The molecule has 0 radical (unpaired) electrons. The Kier molecular flexibility index (Phi) is 3.94. The Balaban J connectivity index is 1.53. The second-order valence-corrected chi connectivity index (χ2v) is 10.2. The fourth-order valence-electron chi connectivity index (χ4n) is 6.06. The van der Waals surface area contributed by atoms with Gasteiger partial charge in [-0.1, -0.05) is 6.92 Å². The van der Waals surface area contributed by atoms with Gasteiger partial charge in [0.05, 0.1) is 0 Å². The van der Waals surface area contributed by atoms with Gasteiger partial charge in [0.25, 0.3) is 0 Å². The molecule has 2 N–H and O–H groups in total. The quantitative estimate of drug-likeness (QED) is 0.801. The second kappa shape index (κ2) is 5.23. The van der Waals surface area contributed by atoms with Crippen molar-refractivity contribution in [3.05, 3.63) is 0 Å². The zero-order chi connectivity index (χ0) is 15.3. The molecular weight excluding hydrogens is 256 g/mol. The van der Waals surface area contributed by atoms with Crippen molar-refractivity contribution in [1.29, 1.82) is 0 Å². The maximum absolute atomic E-state index is 3.87. The first-order valence-electron chi connectivity index (χ1n) is 9.16. The van der Waals surface area contributed by atoms with Crippen molar-refractivity contribution in [1.82, 2.24) is 10.6 Å². The summed E-state index contributed by atoms with van der Waals surface area (Å²) in [5.74, 6) is 2.09. The maximum atomic E-state index is 3.87. The van der Waals surface area contributed by atoms with Crippen LogP contribution in [-0.2, 0) is 0 Å². The Morgan fingerprint density at radius 3 is 2.24 bits per heavy atom. The normalized spacial score (nSPS) is 43.3. The lowest BCUT2D eigenvalue weighted by Crippen LogP contribution is -2.55. The van der Waals surface area contributed by atoms with Crippen LogP contribution in [-0.4, -0.2) is 24.7 Å². The van der Waals surface area contributed by atoms with Gasteiger partial charge in [-0.25, -0.2) is 0 Å². The summed E-state index contributed by atoms with van der Waals surface area (Å²) in [4.78, 5) is 0. The molecule has 2 heteroatoms. The zero-order valence-electron chi connectivity index (χ0n) is 14.9. The molecular formula is C19H36N2. The Bertz CT molecular complexity index is 368. The van der Waals surface area contributed by atoms with Crippen LogP contribution in [0, 0.1) is 22.7 Å². The first-order chi connectivity index (χ1) is 9.67. The first-order valence-corrected chi connectivity index (χ1v) is 9.16. The highest BCUT2D eigenvalue weighted by Gasteiger charge is 2.55. The van der Waals surface area contributed by atoms with Gasteiger partial charge in [-0.3, -0.25) is 0 Å². The van der Waals surface area contributed by atoms with E-state index in [9.17, 15) is 0 Å². The van der Waals surface area contributed by atoms with E-state index < -0.39 is 0 Å². The third-order valence-electron chi connectivity index (χ3n) is 6.24. The predicted molar refractivity (Wildman–Crippen MR) is 90.4 cm³/mol. The monoisotopic (exact) mass is 292 g/mol. The molecule has 4 rings (SSSR count). The van der Waals surface area contributed by atoms with Gasteiger partial charge >= 0.3 is 0 Å². The van der Waals surface area contributed by atoms with Crippen LogP contribution in [0.3, 0.4) is 0 Å². The van der Waals surface area contributed by atoms with E-state index in [1.165, 1.54) is 38.6 Å². The molecule has 2 nitrogen and oxygen atoms in total. The van der Waals surface area contributed by atoms with E-state index in [0.29, 0.717) is 16.9 Å². The minimum Gasteiger partial charge on any atom is -0.312 e. The third-order valence-corrected chi connectivity index (χ3v) is 6.24. The Hall–Kier alpha value is -0.0800. The Morgan fingerprint density at radius 1 is 1.10 bits per heavy atom. The fraction of sp³-hybridized carbons (Fsp3) is 1.00. The van der Waals surface area contributed by atoms with Crippen LogP contribution in [0.2, 0.25) is 0 Å². The van der Waals surface area contributed by atoms with Crippen molar-refractivity contribution in [3.63, 3.8) is 0 Å². The number of nitrogens with one attached hydrogen (secondary N) is 2. The standard InChI is InChI=1S/C19H36N2/c1-14(11-21-17(2,3)4)20-13-19-9-15-6-16(10-19)8-18(5,7-15)12-19/h14-16,20-21H,6-13H2,1-5H3. The SMILES string of the molecule is CC(CNC(C)(C)C)NCC12CC3CC(CC(C)(C3)C1)C2. The van der Waals surface area contributed by atoms with Gasteiger partial charge in [-0.15, -0.1) is 0 Å². The van der Waals surface area contributed by atoms with Gasteiger partial charge in [0, 0.05) is 24.7 Å². The predicted octanol–water partition coefficient (Wildman–Crippen LogP) is 3.96. The van der Waals surface area contributed by atoms with Crippen molar-refractivity contribution < 1.29 is 0 Å². The number of hydrogen-bond donors (Lipinski definition) is 2. The van der Waals surface area contributed by atoms with Crippen LogP contribution in [0.5, 0.6) is 0 Å². The average molecular weight is 293 g/mol. The number of rotatable bonds is 5. The van der Waals surface area contributed by atoms with E-state index in [1.54, 1.807) is 6.42 Å². The smallest absolute Gasteiger partial charge is 0.0164 e. The molecule has 4 aliphatic carbocycles. The lowest BCUT2D eigenvalue weighted by atomic mass is 9.44. The Morgan fingerprint density at radius 2 is 1.71 bits per heavy atom. The summed E-state index contributed by atoms with van der Waals surface area (Å²) in [7, 11) is 0. The summed E-state index contributed by atoms with van der Waals surface area (Å²) in [6.45, 7) is 14.0. The van der Waals surface area contributed by atoms with E-state index in [4.69, 9.17) is 0 Å². The molecule has 4 aliphatic rings. The molecule has 3 unspecified atom stereocenters. The van der Waals surface area contributed by atoms with E-state index in [1.807, 2.05) is 0 Å². The van der Waals surface area contributed by atoms with E-state index in [2.05, 4.69) is 45.3 Å². The van der Waals surface area contributed by atoms with Crippen LogP contribution in [0.1, 0.15) is 73.1 Å². The molecule has 0 amide bonds. The first kappa shape index (κ1) is 15.8. The highest BCUT2D eigenvalue weighted by molar-refractivity contribution is 5.06. The molecule has 0 aliphatic heterocycles. The zero-order valence-corrected chi connectivity index (χ0v) is 14.9. The maximum Gasteiger partial charge on any atom is 0.0164 e. The van der Waals surface area contributed by atoms with Crippen molar-refractivity contribution in [2.24, 2.45) is 22.7 Å². The Labute approximate surface area is 131 Å². The summed E-state index contributed by atoms with van der Waals surface area (Å²) < 4.78 is 0. The van der Waals surface area contributed by atoms with Crippen LogP contribution in [0.4, 0.5) is 0 Å². The van der Waals surface area contributed by atoms with Crippen molar-refractivity contribution in [3.8, 4) is 0 Å². The van der Waals surface area contributed by atoms with Gasteiger partial charge in [-0.2, -0.15) is 0 Å². The summed E-state index contributed by atoms with van der Waals surface area (Å²) in [6.07, 6.45) is 9.08. The highest BCUT2D eigenvalue weighted by atomic mass is 15.0. The van der Waals surface area contributed by atoms with Gasteiger partial charge in [0.1, 0.15) is 0 Å². The molecule has 122 valence electrons. The van der Waals surface area contributed by atoms with E-state index in [-0.39, 0.29) is 5.54 Å². The summed E-state index contributed by atoms with van der Waals surface area (Å²) >= 11 is 0. The minimum absolute atomic E-state index is 0.226. The fourth-order valence-corrected chi connectivity index (χ4v) is 6.06. The number of hydrogen-bond acceptors (Lipinski definition) is 2. The summed E-state index contributed by atoms with van der Waals surface area (Å²) in [5.41, 5.74) is 1.54. The van der Waals surface area contributed by atoms with Crippen molar-refractivity contribution in [2.45, 2.75) is 84.7 Å². The van der Waals surface area contributed by atoms with E-state index in [0.717, 1.165) is 18.4 Å². The van der Waals surface area contributed by atoms with Gasteiger partial charge < -0.3 is 10.6 Å². The van der Waals surface area contributed by atoms with Crippen molar-refractivity contribution >= 4 is 0 Å². The average Bonchev–Trinajstić information content (AvgIpc) is 2.30. The minimum atomic E-state index is 0.226. The molecule has 0 aromatic rings. The van der Waals surface area contributed by atoms with Gasteiger partial charge in [0.2, 0.25) is 0 Å². The van der Waals surface area contributed by atoms with Crippen LogP contribution >= 0.6 is 0 Å². The van der Waals surface area contributed by atoms with Crippen molar-refractivity contribution in [2.75, 3.05) is 13.1 Å². The molecule has 0 heterocycles.